The van der Waals surface area contributed by atoms with Crippen LogP contribution in [0.2, 0.25) is 0 Å². The Bertz CT molecular complexity index is 538. The number of rotatable bonds is 17. The van der Waals surface area contributed by atoms with Gasteiger partial charge in [-0.15, -0.1) is 0 Å². The molecule has 0 aromatic carbocycles. The monoisotopic (exact) mass is 532 g/mol. The molecule has 3 aliphatic rings. The van der Waals surface area contributed by atoms with Gasteiger partial charge in [0.25, 0.3) is 0 Å². The molecule has 0 unspecified atom stereocenters. The molecule has 0 aromatic rings. The lowest BCUT2D eigenvalue weighted by Crippen LogP contribution is -2.47. The second-order valence-electron chi connectivity index (χ2n) is 14.1. The summed E-state index contributed by atoms with van der Waals surface area (Å²) in [5.74, 6) is 2.94. The first-order valence-corrected chi connectivity index (χ1v) is 17.7. The first-order valence-electron chi connectivity index (χ1n) is 17.7. The van der Waals surface area contributed by atoms with Crippen molar-refractivity contribution >= 4 is 0 Å². The van der Waals surface area contributed by atoms with Gasteiger partial charge in [-0.25, -0.2) is 0 Å². The van der Waals surface area contributed by atoms with Gasteiger partial charge in [-0.2, -0.15) is 0 Å². The normalized spacial score (nSPS) is 23.4. The lowest BCUT2D eigenvalue weighted by Gasteiger charge is -2.39. The van der Waals surface area contributed by atoms with Gasteiger partial charge in [-0.1, -0.05) is 110 Å². The van der Waals surface area contributed by atoms with Crippen molar-refractivity contribution in [2.75, 3.05) is 39.3 Å². The average Bonchev–Trinajstić information content (AvgIpc) is 2.94. The van der Waals surface area contributed by atoms with Gasteiger partial charge >= 0.3 is 0 Å². The van der Waals surface area contributed by atoms with Crippen LogP contribution in [0.1, 0.15) is 150 Å². The minimum Gasteiger partial charge on any atom is -0.300 e. The second-order valence-corrected chi connectivity index (χ2v) is 14.1. The zero-order chi connectivity index (χ0) is 27.2. The highest BCUT2D eigenvalue weighted by Crippen LogP contribution is 2.31. The molecule has 3 aliphatic carbocycles. The molecule has 3 saturated carbocycles. The van der Waals surface area contributed by atoms with E-state index in [1.165, 1.54) is 155 Å². The van der Waals surface area contributed by atoms with Gasteiger partial charge in [-0.05, 0) is 70.9 Å². The highest BCUT2D eigenvalue weighted by Gasteiger charge is 2.25. The SMILES string of the molecule is CCN(CCN(CCN(CC)[C@H](C)CC1CCCCC1)[C@H](C)CC1CCCCC1)[C@H](C)CC1CCCCC1. The van der Waals surface area contributed by atoms with E-state index in [-0.39, 0.29) is 0 Å². The number of hydrogen-bond donors (Lipinski definition) is 0. The quantitative estimate of drug-likeness (QED) is 0.185. The molecule has 0 bridgehead atoms. The predicted octanol–water partition coefficient (Wildman–Crippen LogP) is 9.01. The molecule has 0 saturated heterocycles. The molecule has 0 radical (unpaired) electrons. The van der Waals surface area contributed by atoms with Crippen LogP contribution in [-0.4, -0.2) is 72.1 Å². The van der Waals surface area contributed by atoms with Gasteiger partial charge in [0.1, 0.15) is 0 Å². The molecule has 224 valence electrons. The maximum atomic E-state index is 2.92. The van der Waals surface area contributed by atoms with Gasteiger partial charge in [-0.3, -0.25) is 14.7 Å². The van der Waals surface area contributed by atoms with Crippen LogP contribution in [0.25, 0.3) is 0 Å². The fraction of sp³-hybridized carbons (Fsp3) is 1.00. The summed E-state index contributed by atoms with van der Waals surface area (Å²) in [5, 5.41) is 0. The molecule has 3 rings (SSSR count). The van der Waals surface area contributed by atoms with E-state index in [1.54, 1.807) is 0 Å². The zero-order valence-electron chi connectivity index (χ0n) is 26.8. The first kappa shape index (κ1) is 32.4. The summed E-state index contributed by atoms with van der Waals surface area (Å²) in [6.45, 7) is 19.9. The fourth-order valence-corrected chi connectivity index (χ4v) is 8.61. The summed E-state index contributed by atoms with van der Waals surface area (Å²) in [6, 6.07) is 2.19. The molecule has 0 aromatic heterocycles. The van der Waals surface area contributed by atoms with Crippen LogP contribution in [0.3, 0.4) is 0 Å². The molecule has 3 heteroatoms. The summed E-state index contributed by atoms with van der Waals surface area (Å²) in [4.78, 5) is 8.55. The van der Waals surface area contributed by atoms with E-state index in [0.29, 0.717) is 0 Å². The number of likely N-dealkylation sites (N-methyl/N-ethyl adjacent to an activating group) is 2. The lowest BCUT2D eigenvalue weighted by molar-refractivity contribution is 0.0966. The maximum Gasteiger partial charge on any atom is 0.0113 e. The molecule has 0 aliphatic heterocycles. The van der Waals surface area contributed by atoms with Crippen LogP contribution < -0.4 is 0 Å². The van der Waals surface area contributed by atoms with Crippen LogP contribution in [0, 0.1) is 17.8 Å². The highest BCUT2D eigenvalue weighted by atomic mass is 15.2. The van der Waals surface area contributed by atoms with E-state index in [4.69, 9.17) is 0 Å². The topological polar surface area (TPSA) is 9.72 Å². The van der Waals surface area contributed by atoms with Gasteiger partial charge in [0.2, 0.25) is 0 Å². The predicted molar refractivity (Wildman–Crippen MR) is 168 cm³/mol. The molecule has 0 N–H and O–H groups in total. The smallest absolute Gasteiger partial charge is 0.0113 e. The fourth-order valence-electron chi connectivity index (χ4n) is 8.61. The summed E-state index contributed by atoms with van der Waals surface area (Å²) in [6.07, 6.45) is 26.5. The zero-order valence-corrected chi connectivity index (χ0v) is 26.8. The van der Waals surface area contributed by atoms with Crippen LogP contribution in [0.4, 0.5) is 0 Å². The Balaban J connectivity index is 1.54. The van der Waals surface area contributed by atoms with Crippen LogP contribution in [0.5, 0.6) is 0 Å². The van der Waals surface area contributed by atoms with Crippen molar-refractivity contribution in [1.29, 1.82) is 0 Å². The summed E-state index contributed by atoms with van der Waals surface area (Å²) in [7, 11) is 0. The molecule has 38 heavy (non-hydrogen) atoms. The van der Waals surface area contributed by atoms with Crippen molar-refractivity contribution in [1.82, 2.24) is 14.7 Å². The van der Waals surface area contributed by atoms with E-state index in [2.05, 4.69) is 49.3 Å². The summed E-state index contributed by atoms with van der Waals surface area (Å²) in [5.41, 5.74) is 0. The maximum absolute atomic E-state index is 2.92. The Hall–Kier alpha value is -0.120. The van der Waals surface area contributed by atoms with E-state index in [0.717, 1.165) is 35.9 Å². The number of nitrogens with zero attached hydrogens (tertiary/aromatic N) is 3. The molecule has 0 amide bonds. The van der Waals surface area contributed by atoms with Gasteiger partial charge in [0.05, 0.1) is 0 Å². The van der Waals surface area contributed by atoms with Crippen molar-refractivity contribution in [2.24, 2.45) is 17.8 Å². The molecule has 0 spiro atoms. The largest absolute Gasteiger partial charge is 0.300 e. The Morgan fingerprint density at radius 2 is 0.684 bits per heavy atom. The van der Waals surface area contributed by atoms with Crippen LogP contribution in [0.15, 0.2) is 0 Å². The average molecular weight is 532 g/mol. The van der Waals surface area contributed by atoms with Crippen molar-refractivity contribution in [3.05, 3.63) is 0 Å². The molecular formula is C35H69N3. The van der Waals surface area contributed by atoms with Crippen molar-refractivity contribution in [2.45, 2.75) is 168 Å². The third-order valence-corrected chi connectivity index (χ3v) is 11.2. The van der Waals surface area contributed by atoms with Crippen LogP contribution >= 0.6 is 0 Å². The summed E-state index contributed by atoms with van der Waals surface area (Å²) < 4.78 is 0. The van der Waals surface area contributed by atoms with E-state index >= 15 is 0 Å². The Morgan fingerprint density at radius 3 is 0.974 bits per heavy atom. The third-order valence-electron chi connectivity index (χ3n) is 11.2. The standard InChI is InChI=1S/C35H69N3/c1-6-36(30(3)27-33-17-11-8-12-18-33)23-25-38(32(5)29-35-21-15-10-16-22-35)26-24-37(7-2)31(4)28-34-19-13-9-14-20-34/h30-35H,6-29H2,1-5H3/t30-,31-,32-/m1/s1. The molecular weight excluding hydrogens is 462 g/mol. The van der Waals surface area contributed by atoms with Gasteiger partial charge in [0.15, 0.2) is 0 Å². The van der Waals surface area contributed by atoms with Crippen molar-refractivity contribution in [3.63, 3.8) is 0 Å². The van der Waals surface area contributed by atoms with Crippen molar-refractivity contribution < 1.29 is 0 Å². The Morgan fingerprint density at radius 1 is 0.421 bits per heavy atom. The second kappa shape index (κ2) is 18.3. The van der Waals surface area contributed by atoms with Gasteiger partial charge in [0, 0.05) is 44.3 Å². The first-order chi connectivity index (χ1) is 18.5. The lowest BCUT2D eigenvalue weighted by atomic mass is 9.84. The van der Waals surface area contributed by atoms with Crippen molar-refractivity contribution in [3.8, 4) is 0 Å². The summed E-state index contributed by atoms with van der Waals surface area (Å²) >= 11 is 0. The third kappa shape index (κ3) is 11.4. The van der Waals surface area contributed by atoms with E-state index in [1.807, 2.05) is 0 Å². The molecule has 3 fully saturated rings. The molecule has 0 heterocycles. The Labute approximate surface area is 239 Å². The number of hydrogen-bond acceptors (Lipinski definition) is 3. The van der Waals surface area contributed by atoms with E-state index in [9.17, 15) is 0 Å². The molecule has 3 nitrogen and oxygen atoms in total. The van der Waals surface area contributed by atoms with E-state index < -0.39 is 0 Å². The molecule has 3 atom stereocenters. The Kier molecular flexibility index (Phi) is 15.6. The van der Waals surface area contributed by atoms with Gasteiger partial charge < -0.3 is 0 Å². The van der Waals surface area contributed by atoms with Crippen LogP contribution in [-0.2, 0) is 0 Å². The highest BCUT2D eigenvalue weighted by molar-refractivity contribution is 4.80. The minimum atomic E-state index is 0.720. The minimum absolute atomic E-state index is 0.720.